The van der Waals surface area contributed by atoms with Gasteiger partial charge in [0.15, 0.2) is 0 Å². The van der Waals surface area contributed by atoms with Crippen LogP contribution in [0.25, 0.3) is 0 Å². The molecule has 0 unspecified atom stereocenters. The first-order valence-corrected chi connectivity index (χ1v) is 5.71. The van der Waals surface area contributed by atoms with Crippen LogP contribution in [0, 0.1) is 0 Å². The minimum atomic E-state index is -0.532. The molecule has 2 amide bonds. The summed E-state index contributed by atoms with van der Waals surface area (Å²) in [5, 5.41) is 9.48. The first-order chi connectivity index (χ1) is 9.60. The molecule has 1 N–H and O–H groups in total. The Labute approximate surface area is 114 Å². The lowest BCUT2D eigenvalue weighted by atomic mass is 10.1. The number of imide groups is 1. The van der Waals surface area contributed by atoms with Crippen molar-refractivity contribution in [3.63, 3.8) is 0 Å². The number of carbonyl (C=O) groups excluding carboxylic acids is 2. The average molecular weight is 274 g/mol. The van der Waals surface area contributed by atoms with Crippen molar-refractivity contribution >= 4 is 18.5 Å². The van der Waals surface area contributed by atoms with Gasteiger partial charge in [0.2, 0.25) is 5.88 Å². The molecule has 0 saturated heterocycles. The summed E-state index contributed by atoms with van der Waals surface area (Å²) in [6.45, 7) is 2.83. The maximum atomic E-state index is 12.3. The molecular formula is C14H11FN2O3. The van der Waals surface area contributed by atoms with Gasteiger partial charge in [-0.05, 0) is 24.9 Å². The molecule has 1 aromatic rings. The molecule has 1 aliphatic rings. The topological polar surface area (TPSA) is 70.0 Å². The number of halogens is 1. The minimum absolute atomic E-state index is 0.0167. The Bertz CT molecular complexity index is 615. The van der Waals surface area contributed by atoms with E-state index >= 15 is 0 Å². The number of aliphatic hydroxyl groups is 1. The van der Waals surface area contributed by atoms with Gasteiger partial charge < -0.3 is 5.11 Å². The van der Waals surface area contributed by atoms with Crippen molar-refractivity contribution in [3.05, 3.63) is 59.3 Å². The summed E-state index contributed by atoms with van der Waals surface area (Å²) < 4.78 is 12.3. The van der Waals surface area contributed by atoms with Crippen LogP contribution in [-0.4, -0.2) is 35.1 Å². The predicted molar refractivity (Wildman–Crippen MR) is 71.3 cm³/mol. The van der Waals surface area contributed by atoms with Crippen LogP contribution in [0.15, 0.2) is 53.1 Å². The van der Waals surface area contributed by atoms with E-state index in [1.165, 1.54) is 12.1 Å². The summed E-state index contributed by atoms with van der Waals surface area (Å²) >= 11 is 0. The number of rotatable bonds is 4. The first kappa shape index (κ1) is 13.7. The summed E-state index contributed by atoms with van der Waals surface area (Å²) in [6.07, 6.45) is 1.11. The zero-order chi connectivity index (χ0) is 14.7. The van der Waals surface area contributed by atoms with E-state index in [0.29, 0.717) is 0 Å². The predicted octanol–water partition coefficient (Wildman–Crippen LogP) is 2.24. The van der Waals surface area contributed by atoms with Crippen molar-refractivity contribution < 1.29 is 19.1 Å². The normalized spacial score (nSPS) is 15.6. The number of fused-ring (bicyclic) bond motifs is 1. The fourth-order valence-electron chi connectivity index (χ4n) is 1.93. The van der Waals surface area contributed by atoms with E-state index in [4.69, 9.17) is 0 Å². The number of aliphatic hydroxyl groups excluding tert-OH is 1. The van der Waals surface area contributed by atoms with Gasteiger partial charge in [0.25, 0.3) is 11.8 Å². The van der Waals surface area contributed by atoms with Gasteiger partial charge in [-0.3, -0.25) is 14.5 Å². The van der Waals surface area contributed by atoms with Gasteiger partial charge in [-0.15, -0.1) is 0 Å². The third-order valence-corrected chi connectivity index (χ3v) is 2.91. The van der Waals surface area contributed by atoms with Crippen molar-refractivity contribution in [2.75, 3.05) is 6.54 Å². The summed E-state index contributed by atoms with van der Waals surface area (Å²) in [5.41, 5.74) is 0.552. The molecule has 2 rings (SSSR count). The Morgan fingerprint density at radius 2 is 1.85 bits per heavy atom. The molecule has 20 heavy (non-hydrogen) atoms. The number of nitrogens with zero attached hydrogens (tertiary/aromatic N) is 2. The lowest BCUT2D eigenvalue weighted by molar-refractivity contribution is 0.0668. The van der Waals surface area contributed by atoms with Crippen molar-refractivity contribution in [3.8, 4) is 0 Å². The molecule has 0 fully saturated rings. The highest BCUT2D eigenvalue weighted by Gasteiger charge is 2.35. The quantitative estimate of drug-likeness (QED) is 0.396. The molecule has 0 aliphatic carbocycles. The lowest BCUT2D eigenvalue weighted by Gasteiger charge is -2.14. The van der Waals surface area contributed by atoms with E-state index in [1.54, 1.807) is 12.1 Å². The van der Waals surface area contributed by atoms with E-state index < -0.39 is 17.7 Å². The Morgan fingerprint density at radius 1 is 1.30 bits per heavy atom. The molecule has 0 bridgehead atoms. The fourth-order valence-corrected chi connectivity index (χ4v) is 1.93. The van der Waals surface area contributed by atoms with E-state index in [1.807, 2.05) is 0 Å². The molecule has 0 aromatic heterocycles. The standard InChI is InChI=1S/C14H11FN2O3/c1-16-12(18)9(6-7-15)8-17-13(19)10-4-2-3-5-11(10)14(17)20/h2-7,18H,1,8H2/b7-6+,12-9-. The van der Waals surface area contributed by atoms with Crippen molar-refractivity contribution in [2.45, 2.75) is 0 Å². The number of amides is 2. The van der Waals surface area contributed by atoms with Crippen LogP contribution in [0.1, 0.15) is 20.7 Å². The molecule has 102 valence electrons. The molecule has 1 aromatic carbocycles. The largest absolute Gasteiger partial charge is 0.493 e. The van der Waals surface area contributed by atoms with E-state index in [2.05, 4.69) is 11.7 Å². The summed E-state index contributed by atoms with van der Waals surface area (Å²) in [5.74, 6) is -1.52. The second kappa shape index (κ2) is 5.48. The Kier molecular flexibility index (Phi) is 3.74. The molecule has 1 heterocycles. The first-order valence-electron chi connectivity index (χ1n) is 5.71. The average Bonchev–Trinajstić information content (AvgIpc) is 2.71. The Morgan fingerprint density at radius 3 is 2.30 bits per heavy atom. The highest BCUT2D eigenvalue weighted by atomic mass is 19.1. The zero-order valence-electron chi connectivity index (χ0n) is 10.4. The molecule has 0 saturated carbocycles. The van der Waals surface area contributed by atoms with Gasteiger partial charge in [-0.1, -0.05) is 12.1 Å². The molecule has 1 aliphatic heterocycles. The second-order valence-corrected chi connectivity index (χ2v) is 4.04. The number of hydrogen-bond acceptors (Lipinski definition) is 4. The summed E-state index contributed by atoms with van der Waals surface area (Å²) in [4.78, 5) is 28.4. The van der Waals surface area contributed by atoms with Gasteiger partial charge in [-0.2, -0.15) is 0 Å². The van der Waals surface area contributed by atoms with Crippen molar-refractivity contribution in [1.82, 2.24) is 4.90 Å². The second-order valence-electron chi connectivity index (χ2n) is 4.04. The summed E-state index contributed by atoms with van der Waals surface area (Å²) in [7, 11) is 0. The number of benzene rings is 1. The smallest absolute Gasteiger partial charge is 0.261 e. The Hall–Kier alpha value is -2.76. The summed E-state index contributed by atoms with van der Waals surface area (Å²) in [6, 6.07) is 6.37. The van der Waals surface area contributed by atoms with Crippen molar-refractivity contribution in [1.29, 1.82) is 0 Å². The zero-order valence-corrected chi connectivity index (χ0v) is 10.4. The van der Waals surface area contributed by atoms with Crippen LogP contribution in [0.4, 0.5) is 4.39 Å². The van der Waals surface area contributed by atoms with E-state index in [-0.39, 0.29) is 29.6 Å². The molecule has 0 radical (unpaired) electrons. The molecular weight excluding hydrogens is 263 g/mol. The van der Waals surface area contributed by atoms with Gasteiger partial charge in [0.1, 0.15) is 0 Å². The van der Waals surface area contributed by atoms with E-state index in [0.717, 1.165) is 11.0 Å². The molecule has 6 heteroatoms. The third-order valence-electron chi connectivity index (χ3n) is 2.91. The molecule has 5 nitrogen and oxygen atoms in total. The van der Waals surface area contributed by atoms with Crippen LogP contribution >= 0.6 is 0 Å². The SMILES string of the molecule is C=N/C(O)=C(\C=C\F)CN1C(=O)c2ccccc2C1=O. The monoisotopic (exact) mass is 274 g/mol. The highest BCUT2D eigenvalue weighted by molar-refractivity contribution is 6.21. The van der Waals surface area contributed by atoms with Gasteiger partial charge in [0, 0.05) is 5.57 Å². The van der Waals surface area contributed by atoms with Gasteiger partial charge in [0.05, 0.1) is 24.0 Å². The Balaban J connectivity index is 2.35. The van der Waals surface area contributed by atoms with Gasteiger partial charge >= 0.3 is 0 Å². The molecule has 0 spiro atoms. The van der Waals surface area contributed by atoms with Gasteiger partial charge in [-0.25, -0.2) is 9.38 Å². The minimum Gasteiger partial charge on any atom is -0.493 e. The number of carbonyl (C=O) groups is 2. The number of hydrogen-bond donors (Lipinski definition) is 1. The van der Waals surface area contributed by atoms with E-state index in [9.17, 15) is 19.1 Å². The van der Waals surface area contributed by atoms with Crippen LogP contribution in [0.3, 0.4) is 0 Å². The van der Waals surface area contributed by atoms with Crippen LogP contribution in [0.5, 0.6) is 0 Å². The maximum absolute atomic E-state index is 12.3. The number of aliphatic imine (C=N–C) groups is 1. The fraction of sp³-hybridized carbons (Fsp3) is 0.0714. The molecule has 0 atom stereocenters. The van der Waals surface area contributed by atoms with Crippen LogP contribution in [-0.2, 0) is 0 Å². The third kappa shape index (κ3) is 2.23. The van der Waals surface area contributed by atoms with Crippen molar-refractivity contribution in [2.24, 2.45) is 4.99 Å². The van der Waals surface area contributed by atoms with Crippen LogP contribution in [0.2, 0.25) is 0 Å². The maximum Gasteiger partial charge on any atom is 0.261 e. The van der Waals surface area contributed by atoms with Crippen LogP contribution < -0.4 is 0 Å². The highest BCUT2D eigenvalue weighted by Crippen LogP contribution is 2.24. The lowest BCUT2D eigenvalue weighted by Crippen LogP contribution is -2.31.